The number of rotatable bonds is 11. The van der Waals surface area contributed by atoms with Gasteiger partial charge in [-0.15, -0.1) is 0 Å². The lowest BCUT2D eigenvalue weighted by Gasteiger charge is -2.12. The second kappa shape index (κ2) is 11.4. The fourth-order valence-electron chi connectivity index (χ4n) is 2.06. The molecule has 1 aliphatic rings. The Kier molecular flexibility index (Phi) is 9.45. The average Bonchev–Trinajstić information content (AvgIpc) is 2.80. The molecule has 0 heterocycles. The van der Waals surface area contributed by atoms with Crippen molar-refractivity contribution >= 4 is 5.97 Å². The van der Waals surface area contributed by atoms with Gasteiger partial charge in [0.1, 0.15) is 11.8 Å². The molecule has 7 heteroatoms. The summed E-state index contributed by atoms with van der Waals surface area (Å²) in [4.78, 5) is 22.0. The van der Waals surface area contributed by atoms with E-state index in [-0.39, 0.29) is 18.7 Å². The summed E-state index contributed by atoms with van der Waals surface area (Å²) in [5, 5.41) is 10.7. The molecule has 1 aliphatic carbocycles. The van der Waals surface area contributed by atoms with Gasteiger partial charge in [-0.3, -0.25) is 14.9 Å². The normalized spacial score (nSPS) is 15.1. The summed E-state index contributed by atoms with van der Waals surface area (Å²) < 4.78 is 10.6. The maximum atomic E-state index is 11.7. The number of unbranched alkanes of at least 4 members (excludes halogenated alkanes) is 3. The molecule has 1 unspecified atom stereocenters. The van der Waals surface area contributed by atoms with E-state index in [0.29, 0.717) is 18.8 Å². The molecule has 1 rings (SSSR count). The number of allylic oxidation sites excluding steroid dienone is 4. The van der Waals surface area contributed by atoms with E-state index in [9.17, 15) is 14.9 Å². The fourth-order valence-corrected chi connectivity index (χ4v) is 2.06. The molecule has 0 aliphatic heterocycles. The second-order valence-electron chi connectivity index (χ2n) is 5.56. The van der Waals surface area contributed by atoms with Crippen LogP contribution in [0.5, 0.6) is 0 Å². The average molecular weight is 338 g/mol. The van der Waals surface area contributed by atoms with Crippen molar-refractivity contribution < 1.29 is 19.2 Å². The predicted octanol–water partition coefficient (Wildman–Crippen LogP) is 2.85. The van der Waals surface area contributed by atoms with E-state index >= 15 is 0 Å². The number of carbonyl (C=O) groups is 1. The Hall–Kier alpha value is -2.15. The van der Waals surface area contributed by atoms with Gasteiger partial charge in [0.25, 0.3) is 0 Å². The van der Waals surface area contributed by atoms with Crippen LogP contribution in [0.25, 0.3) is 0 Å². The Morgan fingerprint density at radius 1 is 1.33 bits per heavy atom. The second-order valence-corrected chi connectivity index (χ2v) is 5.56. The van der Waals surface area contributed by atoms with E-state index in [2.05, 4.69) is 6.92 Å². The van der Waals surface area contributed by atoms with E-state index in [0.717, 1.165) is 25.7 Å². The molecule has 0 bridgehead atoms. The Morgan fingerprint density at radius 2 is 2.12 bits per heavy atom. The number of nitro groups is 1. The summed E-state index contributed by atoms with van der Waals surface area (Å²) in [6, 6.07) is -0.726. The zero-order valence-electron chi connectivity index (χ0n) is 14.1. The molecule has 2 N–H and O–H groups in total. The monoisotopic (exact) mass is 338 g/mol. The number of nitrogens with two attached hydrogens (primary N) is 1. The minimum absolute atomic E-state index is 0.105. The van der Waals surface area contributed by atoms with Crippen molar-refractivity contribution in [1.29, 1.82) is 0 Å². The van der Waals surface area contributed by atoms with Crippen molar-refractivity contribution in [3.63, 3.8) is 0 Å². The van der Waals surface area contributed by atoms with Crippen LogP contribution in [-0.2, 0) is 14.3 Å². The summed E-state index contributed by atoms with van der Waals surface area (Å²) in [5.41, 5.74) is 5.88. The summed E-state index contributed by atoms with van der Waals surface area (Å²) in [6.45, 7) is 2.76. The minimum Gasteiger partial charge on any atom is -0.494 e. The first-order valence-corrected chi connectivity index (χ1v) is 8.31. The summed E-state index contributed by atoms with van der Waals surface area (Å²) in [5.74, 6) is 0.0861. The Labute approximate surface area is 142 Å². The third-order valence-corrected chi connectivity index (χ3v) is 3.53. The Balaban J connectivity index is 2.26. The van der Waals surface area contributed by atoms with Crippen LogP contribution in [0.4, 0.5) is 0 Å². The number of carbonyl (C=O) groups excluding carboxylic acids is 1. The van der Waals surface area contributed by atoms with Gasteiger partial charge in [-0.1, -0.05) is 32.3 Å². The van der Waals surface area contributed by atoms with Crippen molar-refractivity contribution in [3.05, 3.63) is 45.9 Å². The smallest absolute Gasteiger partial charge is 0.323 e. The number of esters is 1. The lowest BCUT2D eigenvalue weighted by molar-refractivity contribution is -0.426. The molecule has 0 radical (unpaired) electrons. The van der Waals surface area contributed by atoms with E-state index < -0.39 is 16.9 Å². The quantitative estimate of drug-likeness (QED) is 0.269. The van der Waals surface area contributed by atoms with Gasteiger partial charge in [0.05, 0.1) is 24.6 Å². The molecule has 0 aromatic rings. The van der Waals surface area contributed by atoms with Gasteiger partial charge in [-0.05, 0) is 18.6 Å². The number of hydrogen-bond acceptors (Lipinski definition) is 6. The summed E-state index contributed by atoms with van der Waals surface area (Å²) >= 11 is 0. The molecule has 0 saturated carbocycles. The molecule has 0 fully saturated rings. The van der Waals surface area contributed by atoms with E-state index in [1.165, 1.54) is 6.08 Å². The highest BCUT2D eigenvalue weighted by molar-refractivity contribution is 5.75. The predicted molar refractivity (Wildman–Crippen MR) is 90.6 cm³/mol. The van der Waals surface area contributed by atoms with Crippen LogP contribution < -0.4 is 5.73 Å². The summed E-state index contributed by atoms with van der Waals surface area (Å²) in [6.07, 6.45) is 11.0. The van der Waals surface area contributed by atoms with E-state index in [1.807, 2.05) is 0 Å². The van der Waals surface area contributed by atoms with Crippen LogP contribution in [0, 0.1) is 10.1 Å². The van der Waals surface area contributed by atoms with Crippen molar-refractivity contribution in [2.45, 2.75) is 51.5 Å². The SMILES string of the molecule is CCCCCCOC(=O)C(N)CCOC1=CC=C([N+](=O)[O-])CC=C1. The van der Waals surface area contributed by atoms with Crippen LogP contribution in [0.15, 0.2) is 35.8 Å². The largest absolute Gasteiger partial charge is 0.494 e. The van der Waals surface area contributed by atoms with Gasteiger partial charge in [0.15, 0.2) is 0 Å². The van der Waals surface area contributed by atoms with Crippen LogP contribution in [0.1, 0.15) is 45.4 Å². The number of hydrogen-bond donors (Lipinski definition) is 1. The molecule has 0 spiro atoms. The Morgan fingerprint density at radius 3 is 2.83 bits per heavy atom. The van der Waals surface area contributed by atoms with E-state index in [4.69, 9.17) is 15.2 Å². The van der Waals surface area contributed by atoms with Gasteiger partial charge < -0.3 is 15.2 Å². The maximum Gasteiger partial charge on any atom is 0.323 e. The number of nitrogens with zero attached hydrogens (tertiary/aromatic N) is 1. The highest BCUT2D eigenvalue weighted by Crippen LogP contribution is 2.13. The molecular formula is C17H26N2O5. The zero-order valence-corrected chi connectivity index (χ0v) is 14.1. The molecule has 0 saturated heterocycles. The number of ether oxygens (including phenoxy) is 2. The first kappa shape index (κ1) is 19.9. The lowest BCUT2D eigenvalue weighted by Crippen LogP contribution is -2.33. The molecule has 134 valence electrons. The molecule has 0 aromatic heterocycles. The molecular weight excluding hydrogens is 312 g/mol. The van der Waals surface area contributed by atoms with Gasteiger partial charge >= 0.3 is 5.97 Å². The van der Waals surface area contributed by atoms with Crippen molar-refractivity contribution in [2.75, 3.05) is 13.2 Å². The third-order valence-electron chi connectivity index (χ3n) is 3.53. The van der Waals surface area contributed by atoms with Crippen LogP contribution in [0.2, 0.25) is 0 Å². The molecule has 7 nitrogen and oxygen atoms in total. The van der Waals surface area contributed by atoms with Crippen LogP contribution >= 0.6 is 0 Å². The fraction of sp³-hybridized carbons (Fsp3) is 0.588. The summed E-state index contributed by atoms with van der Waals surface area (Å²) in [7, 11) is 0. The molecule has 24 heavy (non-hydrogen) atoms. The highest BCUT2D eigenvalue weighted by Gasteiger charge is 2.15. The maximum absolute atomic E-state index is 11.7. The van der Waals surface area contributed by atoms with Crippen molar-refractivity contribution in [3.8, 4) is 0 Å². The van der Waals surface area contributed by atoms with Crippen LogP contribution in [0.3, 0.4) is 0 Å². The zero-order chi connectivity index (χ0) is 17.8. The standard InChI is InChI=1S/C17H26N2O5/c1-2-3-4-5-12-24-17(20)16(18)11-13-23-15-8-6-7-14(9-10-15)19(21)22/h6,8-10,16H,2-5,7,11-13,18H2,1H3. The van der Waals surface area contributed by atoms with Gasteiger partial charge in [0, 0.05) is 12.5 Å². The van der Waals surface area contributed by atoms with Crippen molar-refractivity contribution in [1.82, 2.24) is 0 Å². The molecule has 0 aromatic carbocycles. The topological polar surface area (TPSA) is 105 Å². The third kappa shape index (κ3) is 7.92. The molecule has 1 atom stereocenters. The molecule has 0 amide bonds. The lowest BCUT2D eigenvalue weighted by atomic mass is 10.2. The first-order valence-electron chi connectivity index (χ1n) is 8.31. The Bertz CT molecular complexity index is 511. The van der Waals surface area contributed by atoms with Gasteiger partial charge in [-0.25, -0.2) is 0 Å². The van der Waals surface area contributed by atoms with Gasteiger partial charge in [-0.2, -0.15) is 0 Å². The van der Waals surface area contributed by atoms with Crippen molar-refractivity contribution in [2.24, 2.45) is 5.73 Å². The van der Waals surface area contributed by atoms with Crippen LogP contribution in [-0.4, -0.2) is 30.1 Å². The highest BCUT2D eigenvalue weighted by atomic mass is 16.6. The van der Waals surface area contributed by atoms with E-state index in [1.54, 1.807) is 18.2 Å². The minimum atomic E-state index is -0.726. The van der Waals surface area contributed by atoms with Gasteiger partial charge in [0.2, 0.25) is 5.70 Å². The first-order chi connectivity index (χ1) is 11.5.